The van der Waals surface area contributed by atoms with Crippen LogP contribution in [-0.4, -0.2) is 64.0 Å². The number of nitrogens with zero attached hydrogens (tertiary/aromatic N) is 2. The summed E-state index contributed by atoms with van der Waals surface area (Å²) in [4.78, 5) is 18.9. The van der Waals surface area contributed by atoms with E-state index in [1.54, 1.807) is 0 Å². The Labute approximate surface area is 167 Å². The van der Waals surface area contributed by atoms with E-state index in [4.69, 9.17) is 9.47 Å². The fourth-order valence-corrected chi connectivity index (χ4v) is 3.54. The number of carbonyl (C=O) groups is 1. The lowest BCUT2D eigenvalue weighted by Crippen LogP contribution is -2.39. The summed E-state index contributed by atoms with van der Waals surface area (Å²) in [7, 11) is 0. The molecule has 1 aromatic rings. The van der Waals surface area contributed by atoms with Gasteiger partial charge in [-0.2, -0.15) is 0 Å². The number of para-hydroxylation sites is 1. The van der Waals surface area contributed by atoms with Crippen LogP contribution in [0.3, 0.4) is 0 Å². The van der Waals surface area contributed by atoms with E-state index in [9.17, 15) is 4.79 Å². The Hall–Kier alpha value is -2.12. The zero-order chi connectivity index (χ0) is 19.6. The third-order valence-corrected chi connectivity index (χ3v) is 4.99. The van der Waals surface area contributed by atoms with Crippen LogP contribution in [0.5, 0.6) is 0 Å². The normalized spacial score (nSPS) is 19.0. The molecule has 0 aromatic heterocycles. The van der Waals surface area contributed by atoms with E-state index >= 15 is 0 Å². The van der Waals surface area contributed by atoms with Crippen molar-refractivity contribution >= 4 is 17.6 Å². The Balaban J connectivity index is 1.38. The average Bonchev–Trinajstić information content (AvgIpc) is 3.38. The van der Waals surface area contributed by atoms with Gasteiger partial charge in [0.15, 0.2) is 5.96 Å². The highest BCUT2D eigenvalue weighted by molar-refractivity contribution is 5.98. The van der Waals surface area contributed by atoms with E-state index in [1.165, 1.54) is 5.56 Å². The fourth-order valence-electron chi connectivity index (χ4n) is 3.54. The second kappa shape index (κ2) is 11.0. The number of anilines is 1. The second-order valence-electron chi connectivity index (χ2n) is 7.11. The molecule has 2 aliphatic rings. The number of hydrogen-bond donors (Lipinski definition) is 2. The summed E-state index contributed by atoms with van der Waals surface area (Å²) in [6.07, 6.45) is 4.30. The maximum atomic E-state index is 12.6. The molecule has 1 fully saturated rings. The van der Waals surface area contributed by atoms with Crippen molar-refractivity contribution < 1.29 is 14.3 Å². The van der Waals surface area contributed by atoms with E-state index in [0.29, 0.717) is 19.2 Å². The molecule has 3 rings (SSSR count). The summed E-state index contributed by atoms with van der Waals surface area (Å²) in [6.45, 7) is 6.62. The average molecular weight is 389 g/mol. The minimum Gasteiger partial charge on any atom is -0.379 e. The Bertz CT molecular complexity index is 659. The van der Waals surface area contributed by atoms with Crippen molar-refractivity contribution in [1.29, 1.82) is 0 Å². The third kappa shape index (κ3) is 5.94. The summed E-state index contributed by atoms with van der Waals surface area (Å²) >= 11 is 0. The monoisotopic (exact) mass is 388 g/mol. The maximum Gasteiger partial charge on any atom is 0.248 e. The number of nitrogens with one attached hydrogen (secondary N) is 2. The van der Waals surface area contributed by atoms with Crippen LogP contribution in [-0.2, 0) is 20.7 Å². The van der Waals surface area contributed by atoms with Crippen molar-refractivity contribution in [1.82, 2.24) is 10.6 Å². The minimum atomic E-state index is 0.0297. The highest BCUT2D eigenvalue weighted by Gasteiger charge is 2.23. The van der Waals surface area contributed by atoms with Crippen LogP contribution in [0, 0.1) is 0 Å². The van der Waals surface area contributed by atoms with Crippen LogP contribution >= 0.6 is 0 Å². The van der Waals surface area contributed by atoms with E-state index in [2.05, 4.69) is 21.7 Å². The predicted molar refractivity (Wildman–Crippen MR) is 111 cm³/mol. The SMILES string of the molecule is CCNC(=NCC(=O)N1CCc2ccccc21)NCCCOCC1CCCO1. The molecular formula is C21H32N4O3. The third-order valence-electron chi connectivity index (χ3n) is 4.99. The number of benzene rings is 1. The first-order valence-electron chi connectivity index (χ1n) is 10.4. The molecule has 2 aliphatic heterocycles. The molecule has 7 heteroatoms. The smallest absolute Gasteiger partial charge is 0.248 e. The molecule has 28 heavy (non-hydrogen) atoms. The lowest BCUT2D eigenvalue weighted by molar-refractivity contribution is -0.117. The number of rotatable bonds is 9. The Kier molecular flexibility index (Phi) is 8.11. The number of aliphatic imine (C=N–C) groups is 1. The molecule has 0 saturated carbocycles. The molecule has 2 N–H and O–H groups in total. The summed E-state index contributed by atoms with van der Waals surface area (Å²) < 4.78 is 11.2. The number of hydrogen-bond acceptors (Lipinski definition) is 4. The number of fused-ring (bicyclic) bond motifs is 1. The van der Waals surface area contributed by atoms with Gasteiger partial charge in [-0.05, 0) is 44.2 Å². The summed E-state index contributed by atoms with van der Waals surface area (Å²) in [6, 6.07) is 8.07. The van der Waals surface area contributed by atoms with Gasteiger partial charge in [0.05, 0.1) is 12.7 Å². The maximum absolute atomic E-state index is 12.6. The molecule has 0 bridgehead atoms. The molecule has 1 unspecified atom stereocenters. The van der Waals surface area contributed by atoms with E-state index in [1.807, 2.05) is 30.0 Å². The number of ether oxygens (including phenoxy) is 2. The Morgan fingerprint density at radius 1 is 1.36 bits per heavy atom. The van der Waals surface area contributed by atoms with Crippen LogP contribution in [0.15, 0.2) is 29.3 Å². The van der Waals surface area contributed by atoms with Gasteiger partial charge in [-0.3, -0.25) is 4.79 Å². The molecule has 1 aromatic carbocycles. The van der Waals surface area contributed by atoms with Crippen molar-refractivity contribution in [2.45, 2.75) is 38.7 Å². The van der Waals surface area contributed by atoms with Gasteiger partial charge in [0.2, 0.25) is 5.91 Å². The quantitative estimate of drug-likeness (QED) is 0.383. The lowest BCUT2D eigenvalue weighted by atomic mass is 10.2. The predicted octanol–water partition coefficient (Wildman–Crippen LogP) is 1.72. The van der Waals surface area contributed by atoms with Crippen LogP contribution in [0.4, 0.5) is 5.69 Å². The van der Waals surface area contributed by atoms with Gasteiger partial charge in [-0.25, -0.2) is 4.99 Å². The van der Waals surface area contributed by atoms with Crippen LogP contribution in [0.1, 0.15) is 31.7 Å². The molecule has 154 valence electrons. The summed E-state index contributed by atoms with van der Waals surface area (Å²) in [5.41, 5.74) is 2.25. The van der Waals surface area contributed by atoms with Crippen molar-refractivity contribution in [2.24, 2.45) is 4.99 Å². The molecular weight excluding hydrogens is 356 g/mol. The first-order valence-corrected chi connectivity index (χ1v) is 10.4. The van der Waals surface area contributed by atoms with Crippen molar-refractivity contribution in [3.05, 3.63) is 29.8 Å². The van der Waals surface area contributed by atoms with Crippen molar-refractivity contribution in [3.8, 4) is 0 Å². The number of guanidine groups is 1. The van der Waals surface area contributed by atoms with E-state index in [-0.39, 0.29) is 18.6 Å². The van der Waals surface area contributed by atoms with Gasteiger partial charge in [0.25, 0.3) is 0 Å². The lowest BCUT2D eigenvalue weighted by Gasteiger charge is -2.17. The highest BCUT2D eigenvalue weighted by Crippen LogP contribution is 2.27. The zero-order valence-electron chi connectivity index (χ0n) is 16.8. The van der Waals surface area contributed by atoms with Crippen LogP contribution in [0.25, 0.3) is 0 Å². The van der Waals surface area contributed by atoms with Crippen molar-refractivity contribution in [3.63, 3.8) is 0 Å². The van der Waals surface area contributed by atoms with Gasteiger partial charge in [0.1, 0.15) is 6.54 Å². The fraction of sp³-hybridized carbons (Fsp3) is 0.619. The standard InChI is InChI=1S/C21H32N4O3/c1-2-22-21(23-11-6-13-27-16-18-8-5-14-28-18)24-15-20(26)25-12-10-17-7-3-4-9-19(17)25/h3-4,7,9,18H,2,5-6,8,10-16H2,1H3,(H2,22,23,24). The van der Waals surface area contributed by atoms with Gasteiger partial charge in [-0.1, -0.05) is 18.2 Å². The van der Waals surface area contributed by atoms with Gasteiger partial charge >= 0.3 is 0 Å². The van der Waals surface area contributed by atoms with Gasteiger partial charge < -0.3 is 25.0 Å². The molecule has 1 atom stereocenters. The molecule has 7 nitrogen and oxygen atoms in total. The molecule has 0 radical (unpaired) electrons. The first kappa shape index (κ1) is 20.6. The van der Waals surface area contributed by atoms with Gasteiger partial charge in [0, 0.05) is 38.5 Å². The van der Waals surface area contributed by atoms with Crippen molar-refractivity contribution in [2.75, 3.05) is 50.9 Å². The molecule has 0 aliphatic carbocycles. The van der Waals surface area contributed by atoms with E-state index in [0.717, 1.165) is 57.6 Å². The zero-order valence-corrected chi connectivity index (χ0v) is 16.8. The molecule has 2 heterocycles. The van der Waals surface area contributed by atoms with Crippen LogP contribution in [0.2, 0.25) is 0 Å². The summed E-state index contributed by atoms with van der Waals surface area (Å²) in [5.74, 6) is 0.699. The molecule has 0 spiro atoms. The topological polar surface area (TPSA) is 75.2 Å². The molecule has 1 saturated heterocycles. The Morgan fingerprint density at radius 3 is 3.07 bits per heavy atom. The number of carbonyl (C=O) groups excluding carboxylic acids is 1. The van der Waals surface area contributed by atoms with Gasteiger partial charge in [-0.15, -0.1) is 0 Å². The largest absolute Gasteiger partial charge is 0.379 e. The summed E-state index contributed by atoms with van der Waals surface area (Å²) in [5, 5.41) is 6.46. The highest BCUT2D eigenvalue weighted by atomic mass is 16.5. The Morgan fingerprint density at radius 2 is 2.25 bits per heavy atom. The minimum absolute atomic E-state index is 0.0297. The second-order valence-corrected chi connectivity index (χ2v) is 7.11. The van der Waals surface area contributed by atoms with E-state index < -0.39 is 0 Å². The molecule has 1 amide bonds. The first-order chi connectivity index (χ1) is 13.8. The van der Waals surface area contributed by atoms with Crippen LogP contribution < -0.4 is 15.5 Å². The number of amides is 1.